The number of rotatable bonds is 5. The second-order valence-electron chi connectivity index (χ2n) is 8.10. The maximum Gasteiger partial charge on any atom is 0.258 e. The van der Waals surface area contributed by atoms with Crippen molar-refractivity contribution < 1.29 is 15.0 Å². The molecular formula is C22H30N2O4. The Hall–Kier alpha value is -2.18. The van der Waals surface area contributed by atoms with Gasteiger partial charge in [0.25, 0.3) is 11.5 Å². The number of aliphatic hydroxyl groups excluding tert-OH is 1. The van der Waals surface area contributed by atoms with Crippen molar-refractivity contribution in [2.75, 3.05) is 13.2 Å². The molecule has 1 amide bonds. The Labute approximate surface area is 165 Å². The third-order valence-corrected chi connectivity index (χ3v) is 5.90. The highest BCUT2D eigenvalue weighted by Gasteiger charge is 2.29. The minimum absolute atomic E-state index is 0.136. The SMILES string of the molecule is Cc1ccc2c(=O)n([C@H](C)CO)ccc2c1C(=O)NCC1(O)CCCCCC1. The van der Waals surface area contributed by atoms with Crippen LogP contribution in [-0.2, 0) is 0 Å². The number of aryl methyl sites for hydroxylation is 1. The van der Waals surface area contributed by atoms with Crippen molar-refractivity contribution in [1.29, 1.82) is 0 Å². The first-order valence-electron chi connectivity index (χ1n) is 10.1. The van der Waals surface area contributed by atoms with E-state index in [4.69, 9.17) is 0 Å². The van der Waals surface area contributed by atoms with E-state index in [0.717, 1.165) is 31.2 Å². The van der Waals surface area contributed by atoms with Crippen LogP contribution < -0.4 is 10.9 Å². The van der Waals surface area contributed by atoms with Crippen LogP contribution in [0.25, 0.3) is 10.8 Å². The Morgan fingerprint density at radius 2 is 1.86 bits per heavy atom. The fraction of sp³-hybridized carbons (Fsp3) is 0.545. The number of nitrogens with one attached hydrogen (secondary N) is 1. The van der Waals surface area contributed by atoms with Gasteiger partial charge in [-0.1, -0.05) is 31.7 Å². The van der Waals surface area contributed by atoms with Crippen molar-refractivity contribution in [3.8, 4) is 0 Å². The van der Waals surface area contributed by atoms with Crippen LogP contribution in [0.3, 0.4) is 0 Å². The first-order valence-corrected chi connectivity index (χ1v) is 10.1. The number of aliphatic hydroxyl groups is 2. The number of carbonyl (C=O) groups excluding carboxylic acids is 1. The van der Waals surface area contributed by atoms with Crippen molar-refractivity contribution in [1.82, 2.24) is 9.88 Å². The van der Waals surface area contributed by atoms with Gasteiger partial charge in [-0.2, -0.15) is 0 Å². The molecule has 28 heavy (non-hydrogen) atoms. The van der Waals surface area contributed by atoms with Crippen LogP contribution in [0.15, 0.2) is 29.2 Å². The molecule has 3 N–H and O–H groups in total. The second kappa shape index (κ2) is 8.45. The third kappa shape index (κ3) is 4.13. The van der Waals surface area contributed by atoms with E-state index in [1.165, 1.54) is 4.57 Å². The van der Waals surface area contributed by atoms with Crippen LogP contribution in [0.1, 0.15) is 67.4 Å². The number of hydrogen-bond donors (Lipinski definition) is 3. The first kappa shape index (κ1) is 20.6. The van der Waals surface area contributed by atoms with Crippen LogP contribution in [0, 0.1) is 6.92 Å². The maximum absolute atomic E-state index is 13.0. The van der Waals surface area contributed by atoms with Crippen molar-refractivity contribution in [2.24, 2.45) is 0 Å². The van der Waals surface area contributed by atoms with Crippen LogP contribution in [0.5, 0.6) is 0 Å². The summed E-state index contributed by atoms with van der Waals surface area (Å²) in [5.41, 5.74) is 0.171. The smallest absolute Gasteiger partial charge is 0.258 e. The van der Waals surface area contributed by atoms with E-state index in [1.807, 2.05) is 6.92 Å². The molecule has 2 aromatic rings. The van der Waals surface area contributed by atoms with Gasteiger partial charge in [0.1, 0.15) is 0 Å². The average Bonchev–Trinajstić information content (AvgIpc) is 2.90. The fourth-order valence-electron chi connectivity index (χ4n) is 4.08. The molecule has 1 fully saturated rings. The summed E-state index contributed by atoms with van der Waals surface area (Å²) in [4.78, 5) is 25.8. The van der Waals surface area contributed by atoms with Gasteiger partial charge < -0.3 is 20.1 Å². The number of benzene rings is 1. The largest absolute Gasteiger partial charge is 0.394 e. The molecule has 1 aliphatic rings. The van der Waals surface area contributed by atoms with E-state index in [0.29, 0.717) is 29.2 Å². The Morgan fingerprint density at radius 1 is 1.18 bits per heavy atom. The molecule has 0 unspecified atom stereocenters. The van der Waals surface area contributed by atoms with E-state index >= 15 is 0 Å². The second-order valence-corrected chi connectivity index (χ2v) is 8.10. The minimum atomic E-state index is -0.853. The zero-order chi connectivity index (χ0) is 20.3. The Bertz CT molecular complexity index is 911. The van der Waals surface area contributed by atoms with Crippen molar-refractivity contribution in [2.45, 2.75) is 64.0 Å². The van der Waals surface area contributed by atoms with Gasteiger partial charge in [-0.05, 0) is 44.4 Å². The van der Waals surface area contributed by atoms with Gasteiger partial charge in [0.05, 0.1) is 23.8 Å². The highest BCUT2D eigenvalue weighted by molar-refractivity contribution is 6.08. The van der Waals surface area contributed by atoms with Gasteiger partial charge in [-0.3, -0.25) is 9.59 Å². The molecule has 0 aliphatic heterocycles. The lowest BCUT2D eigenvalue weighted by Gasteiger charge is -2.27. The molecule has 1 heterocycles. The Kier molecular flexibility index (Phi) is 6.20. The summed E-state index contributed by atoms with van der Waals surface area (Å²) < 4.78 is 1.48. The topological polar surface area (TPSA) is 91.6 Å². The summed E-state index contributed by atoms with van der Waals surface area (Å²) in [5.74, 6) is -0.270. The molecule has 6 nitrogen and oxygen atoms in total. The molecule has 0 saturated heterocycles. The van der Waals surface area contributed by atoms with Crippen LogP contribution in [0.2, 0.25) is 0 Å². The number of hydrogen-bond acceptors (Lipinski definition) is 4. The van der Waals surface area contributed by atoms with E-state index in [-0.39, 0.29) is 30.7 Å². The maximum atomic E-state index is 13.0. The predicted octanol–water partition coefficient (Wildman–Crippen LogP) is 2.68. The average molecular weight is 386 g/mol. The molecule has 0 radical (unpaired) electrons. The molecule has 3 rings (SSSR count). The normalized spacial score (nSPS) is 17.9. The monoisotopic (exact) mass is 386 g/mol. The van der Waals surface area contributed by atoms with Gasteiger partial charge in [0, 0.05) is 23.5 Å². The quantitative estimate of drug-likeness (QED) is 0.689. The molecule has 0 bridgehead atoms. The predicted molar refractivity (Wildman–Crippen MR) is 110 cm³/mol. The number of amides is 1. The molecule has 1 aromatic heterocycles. The van der Waals surface area contributed by atoms with E-state index in [2.05, 4.69) is 5.32 Å². The van der Waals surface area contributed by atoms with E-state index < -0.39 is 5.60 Å². The lowest BCUT2D eigenvalue weighted by Crippen LogP contribution is -2.42. The number of fused-ring (bicyclic) bond motifs is 1. The first-order chi connectivity index (χ1) is 13.4. The lowest BCUT2D eigenvalue weighted by molar-refractivity contribution is 0.0246. The Balaban J connectivity index is 1.91. The van der Waals surface area contributed by atoms with Gasteiger partial charge in [-0.15, -0.1) is 0 Å². The van der Waals surface area contributed by atoms with Crippen LogP contribution in [0.4, 0.5) is 0 Å². The van der Waals surface area contributed by atoms with Crippen molar-refractivity contribution in [3.63, 3.8) is 0 Å². The molecule has 6 heteroatoms. The molecule has 1 saturated carbocycles. The van der Waals surface area contributed by atoms with Crippen molar-refractivity contribution in [3.05, 3.63) is 45.9 Å². The number of nitrogens with zero attached hydrogens (tertiary/aromatic N) is 1. The summed E-state index contributed by atoms with van der Waals surface area (Å²) in [6.45, 7) is 3.70. The summed E-state index contributed by atoms with van der Waals surface area (Å²) in [5, 5.41) is 24.1. The van der Waals surface area contributed by atoms with E-state index in [1.54, 1.807) is 31.3 Å². The highest BCUT2D eigenvalue weighted by atomic mass is 16.3. The standard InChI is InChI=1S/C22H30N2O4/c1-15-7-8-18-17(9-12-24(21(18)27)16(2)13-25)19(15)20(26)23-14-22(28)10-5-3-4-6-11-22/h7-9,12,16,25,28H,3-6,10-11,13-14H2,1-2H3,(H,23,26)/t16-/m1/s1. The molecule has 1 aromatic carbocycles. The van der Waals surface area contributed by atoms with Crippen LogP contribution in [-0.4, -0.2) is 39.4 Å². The summed E-state index contributed by atoms with van der Waals surface area (Å²) in [6, 6.07) is 4.92. The van der Waals surface area contributed by atoms with Crippen molar-refractivity contribution >= 4 is 16.7 Å². The number of pyridine rings is 1. The summed E-state index contributed by atoms with van der Waals surface area (Å²) in [7, 11) is 0. The minimum Gasteiger partial charge on any atom is -0.394 e. The highest BCUT2D eigenvalue weighted by Crippen LogP contribution is 2.27. The zero-order valence-corrected chi connectivity index (χ0v) is 16.7. The van der Waals surface area contributed by atoms with Gasteiger partial charge in [-0.25, -0.2) is 0 Å². The summed E-state index contributed by atoms with van der Waals surface area (Å²) >= 11 is 0. The zero-order valence-electron chi connectivity index (χ0n) is 16.7. The van der Waals surface area contributed by atoms with Gasteiger partial charge in [0.2, 0.25) is 0 Å². The van der Waals surface area contributed by atoms with E-state index in [9.17, 15) is 19.8 Å². The molecular weight excluding hydrogens is 356 g/mol. The molecule has 1 atom stereocenters. The van der Waals surface area contributed by atoms with Gasteiger partial charge >= 0.3 is 0 Å². The molecule has 0 spiro atoms. The number of aromatic nitrogens is 1. The van der Waals surface area contributed by atoms with Crippen LogP contribution >= 0.6 is 0 Å². The third-order valence-electron chi connectivity index (χ3n) is 5.90. The Morgan fingerprint density at radius 3 is 2.50 bits per heavy atom. The number of carbonyl (C=O) groups is 1. The fourth-order valence-corrected chi connectivity index (χ4v) is 4.08. The lowest BCUT2D eigenvalue weighted by atomic mass is 9.94. The molecule has 1 aliphatic carbocycles. The summed E-state index contributed by atoms with van der Waals surface area (Å²) in [6.07, 6.45) is 7.22. The molecule has 152 valence electrons. The van der Waals surface area contributed by atoms with Gasteiger partial charge in [0.15, 0.2) is 0 Å².